The van der Waals surface area contributed by atoms with E-state index in [9.17, 15) is 4.79 Å². The topological polar surface area (TPSA) is 53.4 Å². The molecule has 76 valence electrons. The van der Waals surface area contributed by atoms with E-state index in [4.69, 9.17) is 5.11 Å². The van der Waals surface area contributed by atoms with Gasteiger partial charge in [0.15, 0.2) is 0 Å². The van der Waals surface area contributed by atoms with Crippen molar-refractivity contribution in [2.45, 2.75) is 19.4 Å². The van der Waals surface area contributed by atoms with Crippen molar-refractivity contribution >= 4 is 11.8 Å². The lowest BCUT2D eigenvalue weighted by molar-refractivity contribution is -0.137. The first-order valence-electron chi connectivity index (χ1n) is 4.47. The van der Waals surface area contributed by atoms with Crippen molar-refractivity contribution in [1.29, 1.82) is 0 Å². The first-order chi connectivity index (χ1) is 6.61. The van der Waals surface area contributed by atoms with Crippen LogP contribution in [0.25, 0.3) is 0 Å². The summed E-state index contributed by atoms with van der Waals surface area (Å²) in [6, 6.07) is 5.52. The summed E-state index contributed by atoms with van der Waals surface area (Å²) >= 11 is 0. The molecule has 4 nitrogen and oxygen atoms in total. The number of carbonyl (C=O) groups is 1. The average molecular weight is 194 g/mol. The van der Waals surface area contributed by atoms with E-state index in [0.717, 1.165) is 5.82 Å². The van der Waals surface area contributed by atoms with Crippen LogP contribution in [0.5, 0.6) is 0 Å². The lowest BCUT2D eigenvalue weighted by Gasteiger charge is -2.24. The Labute approximate surface area is 83.2 Å². The summed E-state index contributed by atoms with van der Waals surface area (Å²) in [6.45, 7) is 1.86. The predicted molar refractivity (Wildman–Crippen MR) is 54.4 cm³/mol. The molecule has 1 heterocycles. The second-order valence-corrected chi connectivity index (χ2v) is 3.25. The van der Waals surface area contributed by atoms with Gasteiger partial charge in [-0.15, -0.1) is 0 Å². The summed E-state index contributed by atoms with van der Waals surface area (Å²) in [5, 5.41) is 8.63. The van der Waals surface area contributed by atoms with Gasteiger partial charge in [0, 0.05) is 19.3 Å². The van der Waals surface area contributed by atoms with Crippen molar-refractivity contribution in [2.24, 2.45) is 0 Å². The maximum atomic E-state index is 10.5. The largest absolute Gasteiger partial charge is 0.481 e. The molecule has 4 heteroatoms. The minimum Gasteiger partial charge on any atom is -0.481 e. The predicted octanol–water partition coefficient (Wildman–Crippen LogP) is 1.38. The lowest BCUT2D eigenvalue weighted by atomic mass is 10.2. The summed E-state index contributed by atoms with van der Waals surface area (Å²) in [5.74, 6) is 0.00142. The van der Waals surface area contributed by atoms with Gasteiger partial charge in [0.05, 0.1) is 6.42 Å². The number of hydrogen-bond donors (Lipinski definition) is 1. The molecule has 0 aliphatic carbocycles. The number of carboxylic acids is 1. The number of carboxylic acid groups (broad SMARTS) is 1. The van der Waals surface area contributed by atoms with Crippen molar-refractivity contribution in [3.63, 3.8) is 0 Å². The highest BCUT2D eigenvalue weighted by Crippen LogP contribution is 2.12. The highest BCUT2D eigenvalue weighted by atomic mass is 16.4. The molecule has 0 aromatic carbocycles. The molecule has 1 N–H and O–H groups in total. The number of aliphatic carboxylic acids is 1. The molecule has 1 rings (SSSR count). The van der Waals surface area contributed by atoms with Crippen LogP contribution >= 0.6 is 0 Å². The van der Waals surface area contributed by atoms with Gasteiger partial charge in [0.2, 0.25) is 0 Å². The average Bonchev–Trinajstić information content (AvgIpc) is 2.17. The van der Waals surface area contributed by atoms with Crippen LogP contribution in [0, 0.1) is 0 Å². The Balaban J connectivity index is 2.65. The van der Waals surface area contributed by atoms with Gasteiger partial charge in [-0.3, -0.25) is 4.79 Å². The third-order valence-corrected chi connectivity index (χ3v) is 2.14. The quantitative estimate of drug-likeness (QED) is 0.786. The van der Waals surface area contributed by atoms with Crippen LogP contribution < -0.4 is 4.90 Å². The van der Waals surface area contributed by atoms with Crippen LogP contribution in [0.3, 0.4) is 0 Å². The number of anilines is 1. The van der Waals surface area contributed by atoms with Crippen molar-refractivity contribution in [1.82, 2.24) is 4.98 Å². The summed E-state index contributed by atoms with van der Waals surface area (Å²) in [7, 11) is 1.84. The fourth-order valence-electron chi connectivity index (χ4n) is 1.18. The maximum Gasteiger partial charge on any atom is 0.305 e. The van der Waals surface area contributed by atoms with E-state index in [1.54, 1.807) is 6.20 Å². The molecule has 0 amide bonds. The van der Waals surface area contributed by atoms with Gasteiger partial charge in [-0.1, -0.05) is 6.07 Å². The third-order valence-electron chi connectivity index (χ3n) is 2.14. The normalized spacial score (nSPS) is 12.1. The molecule has 0 fully saturated rings. The van der Waals surface area contributed by atoms with Crippen LogP contribution in [0.1, 0.15) is 13.3 Å². The van der Waals surface area contributed by atoms with Gasteiger partial charge in [-0.2, -0.15) is 0 Å². The van der Waals surface area contributed by atoms with Gasteiger partial charge in [0.25, 0.3) is 0 Å². The van der Waals surface area contributed by atoms with Gasteiger partial charge in [0.1, 0.15) is 5.82 Å². The number of nitrogens with zero attached hydrogens (tertiary/aromatic N) is 2. The Morgan fingerprint density at radius 3 is 2.86 bits per heavy atom. The smallest absolute Gasteiger partial charge is 0.305 e. The molecule has 14 heavy (non-hydrogen) atoms. The number of pyridine rings is 1. The minimum absolute atomic E-state index is 0.0533. The molecule has 0 aliphatic heterocycles. The molecular weight excluding hydrogens is 180 g/mol. The highest BCUT2D eigenvalue weighted by Gasteiger charge is 2.13. The van der Waals surface area contributed by atoms with E-state index >= 15 is 0 Å². The second kappa shape index (κ2) is 4.60. The van der Waals surface area contributed by atoms with Crippen LogP contribution in [0.4, 0.5) is 5.82 Å². The van der Waals surface area contributed by atoms with Gasteiger partial charge >= 0.3 is 5.97 Å². The summed E-state index contributed by atoms with van der Waals surface area (Å²) in [6.07, 6.45) is 1.81. The molecule has 0 spiro atoms. The lowest BCUT2D eigenvalue weighted by Crippen LogP contribution is -2.31. The maximum absolute atomic E-state index is 10.5. The van der Waals surface area contributed by atoms with Gasteiger partial charge in [-0.25, -0.2) is 4.98 Å². The summed E-state index contributed by atoms with van der Waals surface area (Å²) in [5.41, 5.74) is 0. The fourth-order valence-corrected chi connectivity index (χ4v) is 1.18. The van der Waals surface area contributed by atoms with E-state index in [2.05, 4.69) is 4.98 Å². The molecule has 1 aromatic rings. The highest BCUT2D eigenvalue weighted by molar-refractivity contribution is 5.68. The molecule has 1 unspecified atom stereocenters. The number of rotatable bonds is 4. The number of aromatic nitrogens is 1. The third kappa shape index (κ3) is 2.73. The first kappa shape index (κ1) is 10.5. The Bertz CT molecular complexity index is 300. The molecule has 0 saturated heterocycles. The zero-order valence-electron chi connectivity index (χ0n) is 8.34. The molecule has 0 aliphatic rings. The van der Waals surface area contributed by atoms with Crippen LogP contribution in [0.15, 0.2) is 24.4 Å². The Morgan fingerprint density at radius 2 is 2.36 bits per heavy atom. The van der Waals surface area contributed by atoms with E-state index in [1.165, 1.54) is 0 Å². The van der Waals surface area contributed by atoms with E-state index in [1.807, 2.05) is 37.1 Å². The second-order valence-electron chi connectivity index (χ2n) is 3.25. The molecule has 1 aromatic heterocycles. The van der Waals surface area contributed by atoms with Crippen molar-refractivity contribution in [2.75, 3.05) is 11.9 Å². The SMILES string of the molecule is CC(CC(=O)O)N(C)c1ccccn1. The van der Waals surface area contributed by atoms with Gasteiger partial charge in [-0.05, 0) is 19.1 Å². The zero-order valence-corrected chi connectivity index (χ0v) is 8.34. The standard InChI is InChI=1S/C10H14N2O2/c1-8(7-10(13)14)12(2)9-5-3-4-6-11-9/h3-6,8H,7H2,1-2H3,(H,13,14). The monoisotopic (exact) mass is 194 g/mol. The van der Waals surface area contributed by atoms with Crippen LogP contribution in [-0.4, -0.2) is 29.1 Å². The Kier molecular flexibility index (Phi) is 3.45. The van der Waals surface area contributed by atoms with Crippen molar-refractivity contribution < 1.29 is 9.90 Å². The Morgan fingerprint density at radius 1 is 1.64 bits per heavy atom. The Hall–Kier alpha value is -1.58. The minimum atomic E-state index is -0.791. The molecule has 1 atom stereocenters. The molecule has 0 bridgehead atoms. The molecule has 0 saturated carbocycles. The number of hydrogen-bond acceptors (Lipinski definition) is 3. The van der Waals surface area contributed by atoms with Crippen LogP contribution in [-0.2, 0) is 4.79 Å². The van der Waals surface area contributed by atoms with Crippen LogP contribution in [0.2, 0.25) is 0 Å². The van der Waals surface area contributed by atoms with E-state index in [-0.39, 0.29) is 12.5 Å². The van der Waals surface area contributed by atoms with Crippen molar-refractivity contribution in [3.8, 4) is 0 Å². The summed E-state index contributed by atoms with van der Waals surface area (Å²) in [4.78, 5) is 16.5. The van der Waals surface area contributed by atoms with Gasteiger partial charge < -0.3 is 10.0 Å². The zero-order chi connectivity index (χ0) is 10.6. The molecular formula is C10H14N2O2. The van der Waals surface area contributed by atoms with E-state index < -0.39 is 5.97 Å². The first-order valence-corrected chi connectivity index (χ1v) is 4.47. The van der Waals surface area contributed by atoms with Crippen molar-refractivity contribution in [3.05, 3.63) is 24.4 Å². The van der Waals surface area contributed by atoms with E-state index in [0.29, 0.717) is 0 Å². The molecule has 0 radical (unpaired) electrons. The fraction of sp³-hybridized carbons (Fsp3) is 0.400. The summed E-state index contributed by atoms with van der Waals surface area (Å²) < 4.78 is 0.